The molecule has 0 saturated heterocycles. The number of nitrogens with one attached hydrogen (secondary N) is 1. The average Bonchev–Trinajstić information content (AvgIpc) is 3.06. The summed E-state index contributed by atoms with van der Waals surface area (Å²) in [5.41, 5.74) is 1.83. The molecule has 1 aromatic carbocycles. The summed E-state index contributed by atoms with van der Waals surface area (Å²) in [6, 6.07) is 11.6. The molecule has 1 N–H and O–H groups in total. The lowest BCUT2D eigenvalue weighted by Crippen LogP contribution is -2.27. The zero-order chi connectivity index (χ0) is 22.6. The van der Waals surface area contributed by atoms with Crippen molar-refractivity contribution >= 4 is 11.8 Å². The number of rotatable bonds is 6. The van der Waals surface area contributed by atoms with Crippen molar-refractivity contribution < 1.29 is 14.3 Å². The van der Waals surface area contributed by atoms with Crippen LogP contribution in [0, 0.1) is 0 Å². The van der Waals surface area contributed by atoms with Crippen LogP contribution in [-0.2, 0) is 18.4 Å². The van der Waals surface area contributed by atoms with E-state index in [2.05, 4.69) is 40.4 Å². The summed E-state index contributed by atoms with van der Waals surface area (Å²) in [4.78, 5) is 16.3. The molecule has 8 heteroatoms. The van der Waals surface area contributed by atoms with Gasteiger partial charge in [-0.1, -0.05) is 26.0 Å². The summed E-state index contributed by atoms with van der Waals surface area (Å²) in [6.07, 6.45) is 1.03. The first-order chi connectivity index (χ1) is 14.6. The second-order valence-electron chi connectivity index (χ2n) is 8.57. The number of amides is 1. The largest absolute Gasteiger partial charge is 0.486 e. The van der Waals surface area contributed by atoms with Crippen LogP contribution in [0.25, 0.3) is 11.5 Å². The Kier molecular flexibility index (Phi) is 6.58. The van der Waals surface area contributed by atoms with E-state index in [4.69, 9.17) is 9.47 Å². The summed E-state index contributed by atoms with van der Waals surface area (Å²) in [6.45, 7) is 10.0. The highest BCUT2D eigenvalue weighted by molar-refractivity contribution is 5.84. The van der Waals surface area contributed by atoms with E-state index in [-0.39, 0.29) is 0 Å². The normalized spacial score (nSPS) is 11.5. The number of hydrogen-bond donors (Lipinski definition) is 1. The lowest BCUT2D eigenvalue weighted by atomic mass is 10.0. The standard InChI is InChI=1S/C23H29N5O3/c1-15(2)16-8-7-9-18(12-16)30-14-20-26-27-21(28(20)6)19-11-10-17(13-24-19)25-22(29)31-23(3,4)5/h7-13,15H,14H2,1-6H3,(H,25,29). The second kappa shape index (κ2) is 9.16. The predicted octanol–water partition coefficient (Wildman–Crippen LogP) is 4.93. The highest BCUT2D eigenvalue weighted by atomic mass is 16.6. The minimum atomic E-state index is -0.565. The molecule has 0 spiro atoms. The van der Waals surface area contributed by atoms with Crippen LogP contribution in [-0.4, -0.2) is 31.4 Å². The van der Waals surface area contributed by atoms with E-state index in [0.717, 1.165) is 5.75 Å². The number of aromatic nitrogens is 4. The van der Waals surface area contributed by atoms with Gasteiger partial charge in [-0.05, 0) is 56.5 Å². The number of benzene rings is 1. The fraction of sp³-hybridized carbons (Fsp3) is 0.391. The molecule has 0 radical (unpaired) electrons. The van der Waals surface area contributed by atoms with Crippen LogP contribution in [0.4, 0.5) is 10.5 Å². The third kappa shape index (κ3) is 6.04. The second-order valence-corrected chi connectivity index (χ2v) is 8.57. The average molecular weight is 424 g/mol. The van der Waals surface area contributed by atoms with Crippen LogP contribution in [0.5, 0.6) is 5.75 Å². The number of pyridine rings is 1. The van der Waals surface area contributed by atoms with E-state index < -0.39 is 11.7 Å². The van der Waals surface area contributed by atoms with Gasteiger partial charge in [0.2, 0.25) is 0 Å². The van der Waals surface area contributed by atoms with E-state index in [0.29, 0.717) is 35.6 Å². The van der Waals surface area contributed by atoms with Gasteiger partial charge in [-0.15, -0.1) is 10.2 Å². The van der Waals surface area contributed by atoms with Crippen molar-refractivity contribution in [1.82, 2.24) is 19.7 Å². The zero-order valence-electron chi connectivity index (χ0n) is 18.8. The first-order valence-corrected chi connectivity index (χ1v) is 10.2. The van der Waals surface area contributed by atoms with Crippen molar-refractivity contribution in [3.8, 4) is 17.3 Å². The molecule has 2 aromatic heterocycles. The highest BCUT2D eigenvalue weighted by Crippen LogP contribution is 2.22. The van der Waals surface area contributed by atoms with Gasteiger partial charge in [0.15, 0.2) is 11.6 Å². The van der Waals surface area contributed by atoms with Gasteiger partial charge in [-0.25, -0.2) is 4.79 Å². The maximum atomic E-state index is 11.9. The summed E-state index contributed by atoms with van der Waals surface area (Å²) in [5, 5.41) is 11.1. The molecule has 1 amide bonds. The van der Waals surface area contributed by atoms with E-state index in [1.165, 1.54) is 5.56 Å². The number of hydrogen-bond acceptors (Lipinski definition) is 6. The van der Waals surface area contributed by atoms with E-state index in [1.807, 2.05) is 50.6 Å². The molecule has 0 saturated carbocycles. The Labute approximate surface area is 182 Å². The summed E-state index contributed by atoms with van der Waals surface area (Å²) < 4.78 is 13.0. The first kappa shape index (κ1) is 22.3. The third-order valence-electron chi connectivity index (χ3n) is 4.50. The van der Waals surface area contributed by atoms with Crippen LogP contribution < -0.4 is 10.1 Å². The number of anilines is 1. The Morgan fingerprint density at radius 3 is 2.58 bits per heavy atom. The van der Waals surface area contributed by atoms with E-state index in [9.17, 15) is 4.79 Å². The topological polar surface area (TPSA) is 91.2 Å². The van der Waals surface area contributed by atoms with Crippen molar-refractivity contribution in [2.45, 2.75) is 52.7 Å². The molecule has 0 aliphatic carbocycles. The number of carbonyl (C=O) groups excluding carboxylic acids is 1. The molecule has 0 bridgehead atoms. The Hall–Kier alpha value is -3.42. The van der Waals surface area contributed by atoms with E-state index >= 15 is 0 Å². The molecule has 8 nitrogen and oxygen atoms in total. The molecule has 0 unspecified atom stereocenters. The number of ether oxygens (including phenoxy) is 2. The van der Waals surface area contributed by atoms with Gasteiger partial charge in [0.25, 0.3) is 0 Å². The molecule has 164 valence electrons. The van der Waals surface area contributed by atoms with Crippen LogP contribution in [0.15, 0.2) is 42.6 Å². The smallest absolute Gasteiger partial charge is 0.412 e. The molecule has 0 atom stereocenters. The summed E-state index contributed by atoms with van der Waals surface area (Å²) >= 11 is 0. The zero-order valence-corrected chi connectivity index (χ0v) is 18.8. The van der Waals surface area contributed by atoms with Gasteiger partial charge in [-0.2, -0.15) is 0 Å². The van der Waals surface area contributed by atoms with Crippen molar-refractivity contribution in [3.63, 3.8) is 0 Å². The minimum absolute atomic E-state index is 0.295. The highest BCUT2D eigenvalue weighted by Gasteiger charge is 2.17. The molecular formula is C23H29N5O3. The Bertz CT molecular complexity index is 1040. The monoisotopic (exact) mass is 423 g/mol. The summed E-state index contributed by atoms with van der Waals surface area (Å²) in [5.74, 6) is 2.52. The predicted molar refractivity (Wildman–Crippen MR) is 119 cm³/mol. The molecule has 0 aliphatic heterocycles. The maximum absolute atomic E-state index is 11.9. The molecule has 31 heavy (non-hydrogen) atoms. The lowest BCUT2D eigenvalue weighted by Gasteiger charge is -2.19. The van der Waals surface area contributed by atoms with Crippen LogP contribution in [0.1, 0.15) is 51.9 Å². The molecule has 0 fully saturated rings. The van der Waals surface area contributed by atoms with Crippen LogP contribution >= 0.6 is 0 Å². The quantitative estimate of drug-likeness (QED) is 0.605. The van der Waals surface area contributed by atoms with Gasteiger partial charge in [0.05, 0.1) is 11.9 Å². The van der Waals surface area contributed by atoms with Gasteiger partial charge in [0.1, 0.15) is 23.7 Å². The van der Waals surface area contributed by atoms with Crippen molar-refractivity contribution in [2.75, 3.05) is 5.32 Å². The maximum Gasteiger partial charge on any atom is 0.412 e. The van der Waals surface area contributed by atoms with Crippen LogP contribution in [0.2, 0.25) is 0 Å². The van der Waals surface area contributed by atoms with Crippen LogP contribution in [0.3, 0.4) is 0 Å². The Balaban J connectivity index is 1.65. The first-order valence-electron chi connectivity index (χ1n) is 10.2. The van der Waals surface area contributed by atoms with Crippen molar-refractivity contribution in [2.24, 2.45) is 7.05 Å². The lowest BCUT2D eigenvalue weighted by molar-refractivity contribution is 0.0636. The van der Waals surface area contributed by atoms with E-state index in [1.54, 1.807) is 18.3 Å². The molecule has 0 aliphatic rings. The van der Waals surface area contributed by atoms with Gasteiger partial charge in [-0.3, -0.25) is 10.3 Å². The molecule has 2 heterocycles. The summed E-state index contributed by atoms with van der Waals surface area (Å²) in [7, 11) is 1.87. The number of nitrogens with zero attached hydrogens (tertiary/aromatic N) is 4. The molecule has 3 rings (SSSR count). The fourth-order valence-electron chi connectivity index (χ4n) is 2.84. The van der Waals surface area contributed by atoms with Crippen molar-refractivity contribution in [3.05, 3.63) is 54.0 Å². The van der Waals surface area contributed by atoms with Gasteiger partial charge >= 0.3 is 6.09 Å². The van der Waals surface area contributed by atoms with Gasteiger partial charge < -0.3 is 14.0 Å². The van der Waals surface area contributed by atoms with Gasteiger partial charge in [0, 0.05) is 7.05 Å². The van der Waals surface area contributed by atoms with Crippen molar-refractivity contribution in [1.29, 1.82) is 0 Å². The Morgan fingerprint density at radius 1 is 1.16 bits per heavy atom. The molecule has 3 aromatic rings. The molecular weight excluding hydrogens is 394 g/mol. The SMILES string of the molecule is CC(C)c1cccc(OCc2nnc(-c3ccc(NC(=O)OC(C)(C)C)cn3)n2C)c1. The fourth-order valence-corrected chi connectivity index (χ4v) is 2.84. The number of carbonyl (C=O) groups is 1. The minimum Gasteiger partial charge on any atom is -0.486 e. The third-order valence-corrected chi connectivity index (χ3v) is 4.50. The Morgan fingerprint density at radius 2 is 1.94 bits per heavy atom.